The number of carbonyl (C=O) groups excluding carboxylic acids is 2. The zero-order valence-corrected chi connectivity index (χ0v) is 15.7. The third-order valence-corrected chi connectivity index (χ3v) is 3.17. The van der Waals surface area contributed by atoms with E-state index in [0.717, 1.165) is 0 Å². The molecule has 0 saturated carbocycles. The SMILES string of the molecule is CCOC(=O)C(C)(C)Nc1ccc(Cl)c(NC(=O)OC(C)(C)C)c1. The second-order valence-corrected chi connectivity index (χ2v) is 7.20. The van der Waals surface area contributed by atoms with Gasteiger partial charge in [-0.05, 0) is 59.7 Å². The molecule has 6 nitrogen and oxygen atoms in total. The Kier molecular flexibility index (Phi) is 6.49. The van der Waals surface area contributed by atoms with E-state index in [1.165, 1.54) is 0 Å². The highest BCUT2D eigenvalue weighted by Gasteiger charge is 2.29. The third kappa shape index (κ3) is 6.28. The maximum atomic E-state index is 12.0. The summed E-state index contributed by atoms with van der Waals surface area (Å²) in [6, 6.07) is 4.97. The summed E-state index contributed by atoms with van der Waals surface area (Å²) in [4.78, 5) is 23.8. The van der Waals surface area contributed by atoms with Crippen molar-refractivity contribution in [1.29, 1.82) is 0 Å². The van der Waals surface area contributed by atoms with Gasteiger partial charge in [-0.25, -0.2) is 9.59 Å². The highest BCUT2D eigenvalue weighted by Crippen LogP contribution is 2.28. The van der Waals surface area contributed by atoms with Gasteiger partial charge in [0.15, 0.2) is 0 Å². The van der Waals surface area contributed by atoms with Crippen molar-refractivity contribution in [3.8, 4) is 0 Å². The van der Waals surface area contributed by atoms with Crippen LogP contribution in [0, 0.1) is 0 Å². The molecule has 0 unspecified atom stereocenters. The molecule has 0 heterocycles. The van der Waals surface area contributed by atoms with Crippen LogP contribution < -0.4 is 10.6 Å². The van der Waals surface area contributed by atoms with Gasteiger partial charge < -0.3 is 14.8 Å². The Morgan fingerprint density at radius 1 is 1.17 bits per heavy atom. The van der Waals surface area contributed by atoms with E-state index in [-0.39, 0.29) is 5.97 Å². The van der Waals surface area contributed by atoms with Crippen LogP contribution >= 0.6 is 11.6 Å². The van der Waals surface area contributed by atoms with E-state index < -0.39 is 17.2 Å². The van der Waals surface area contributed by atoms with Gasteiger partial charge in [-0.2, -0.15) is 0 Å². The molecule has 7 heteroatoms. The average molecular weight is 357 g/mol. The molecule has 0 aliphatic carbocycles. The van der Waals surface area contributed by atoms with E-state index >= 15 is 0 Å². The van der Waals surface area contributed by atoms with Gasteiger partial charge in [0, 0.05) is 5.69 Å². The van der Waals surface area contributed by atoms with E-state index in [2.05, 4.69) is 10.6 Å². The number of hydrogen-bond donors (Lipinski definition) is 2. The summed E-state index contributed by atoms with van der Waals surface area (Å²) in [5.41, 5.74) is -0.537. The quantitative estimate of drug-likeness (QED) is 0.762. The monoisotopic (exact) mass is 356 g/mol. The Morgan fingerprint density at radius 2 is 1.79 bits per heavy atom. The van der Waals surface area contributed by atoms with E-state index in [1.54, 1.807) is 59.7 Å². The van der Waals surface area contributed by atoms with E-state index in [4.69, 9.17) is 21.1 Å². The lowest BCUT2D eigenvalue weighted by atomic mass is 10.1. The number of esters is 1. The Labute approximate surface area is 147 Å². The predicted octanol–water partition coefficient (Wildman–Crippen LogP) is 4.44. The van der Waals surface area contributed by atoms with Crippen LogP contribution in [0.2, 0.25) is 5.02 Å². The first kappa shape index (κ1) is 20.1. The maximum absolute atomic E-state index is 12.0. The topological polar surface area (TPSA) is 76.7 Å². The largest absolute Gasteiger partial charge is 0.464 e. The molecule has 1 aromatic rings. The second kappa shape index (κ2) is 7.75. The standard InChI is InChI=1S/C17H25ClN2O4/c1-7-23-14(21)17(5,6)20-11-8-9-12(18)13(10-11)19-15(22)24-16(2,3)4/h8-10,20H,7H2,1-6H3,(H,19,22). The third-order valence-electron chi connectivity index (χ3n) is 2.84. The Morgan fingerprint density at radius 3 is 2.33 bits per heavy atom. The lowest BCUT2D eigenvalue weighted by Crippen LogP contribution is -2.41. The van der Waals surface area contributed by atoms with E-state index in [9.17, 15) is 9.59 Å². The van der Waals surface area contributed by atoms with Crippen molar-refractivity contribution >= 4 is 35.0 Å². The molecule has 0 aliphatic rings. The molecule has 1 aromatic carbocycles. The maximum Gasteiger partial charge on any atom is 0.412 e. The number of halogens is 1. The van der Waals surface area contributed by atoms with Crippen LogP contribution in [0.5, 0.6) is 0 Å². The summed E-state index contributed by atoms with van der Waals surface area (Å²) >= 11 is 6.11. The van der Waals surface area contributed by atoms with Crippen LogP contribution in [0.3, 0.4) is 0 Å². The zero-order valence-electron chi connectivity index (χ0n) is 15.0. The summed E-state index contributed by atoms with van der Waals surface area (Å²) < 4.78 is 10.2. The van der Waals surface area contributed by atoms with Crippen molar-refractivity contribution in [2.45, 2.75) is 52.7 Å². The van der Waals surface area contributed by atoms with Gasteiger partial charge in [0.25, 0.3) is 0 Å². The van der Waals surface area contributed by atoms with Crippen LogP contribution in [0.15, 0.2) is 18.2 Å². The molecule has 0 fully saturated rings. The predicted molar refractivity (Wildman–Crippen MR) is 95.6 cm³/mol. The first-order valence-corrected chi connectivity index (χ1v) is 8.07. The van der Waals surface area contributed by atoms with Crippen molar-refractivity contribution in [3.63, 3.8) is 0 Å². The molecule has 0 aromatic heterocycles. The minimum atomic E-state index is -0.924. The van der Waals surface area contributed by atoms with Crippen LogP contribution in [0.1, 0.15) is 41.5 Å². The van der Waals surface area contributed by atoms with Gasteiger partial charge >= 0.3 is 12.1 Å². The molecule has 0 spiro atoms. The number of amides is 1. The molecule has 2 N–H and O–H groups in total. The van der Waals surface area contributed by atoms with Crippen molar-refractivity contribution < 1.29 is 19.1 Å². The fourth-order valence-electron chi connectivity index (χ4n) is 1.84. The van der Waals surface area contributed by atoms with Gasteiger partial charge in [-0.1, -0.05) is 11.6 Å². The number of carbonyl (C=O) groups is 2. The molecule has 24 heavy (non-hydrogen) atoms. The fraction of sp³-hybridized carbons (Fsp3) is 0.529. The summed E-state index contributed by atoms with van der Waals surface area (Å²) in [6.45, 7) is 10.8. The van der Waals surface area contributed by atoms with Crippen molar-refractivity contribution in [2.75, 3.05) is 17.2 Å². The molecule has 0 atom stereocenters. The molecule has 1 amide bonds. The lowest BCUT2D eigenvalue weighted by Gasteiger charge is -2.25. The van der Waals surface area contributed by atoms with Gasteiger partial charge in [-0.15, -0.1) is 0 Å². The molecule has 1 rings (SSSR count). The molecule has 0 bridgehead atoms. The normalized spacial score (nSPS) is 11.6. The number of rotatable bonds is 5. The van der Waals surface area contributed by atoms with Crippen molar-refractivity contribution in [1.82, 2.24) is 0 Å². The zero-order chi connectivity index (χ0) is 18.5. The molecule has 134 valence electrons. The molecular weight excluding hydrogens is 332 g/mol. The van der Waals surface area contributed by atoms with Crippen molar-refractivity contribution in [2.24, 2.45) is 0 Å². The summed E-state index contributed by atoms with van der Waals surface area (Å²) in [5, 5.41) is 6.03. The van der Waals surface area contributed by atoms with Gasteiger partial charge in [0.05, 0.1) is 17.3 Å². The molecule has 0 radical (unpaired) electrons. The van der Waals surface area contributed by atoms with Gasteiger partial charge in [0.1, 0.15) is 11.1 Å². The average Bonchev–Trinajstić information content (AvgIpc) is 2.40. The minimum Gasteiger partial charge on any atom is -0.464 e. The Balaban J connectivity index is 2.90. The first-order chi connectivity index (χ1) is 10.9. The van der Waals surface area contributed by atoms with E-state index in [1.807, 2.05) is 0 Å². The van der Waals surface area contributed by atoms with Crippen LogP contribution in [-0.2, 0) is 14.3 Å². The van der Waals surface area contributed by atoms with Gasteiger partial charge in [-0.3, -0.25) is 5.32 Å². The minimum absolute atomic E-state index is 0.302. The Bertz CT molecular complexity index is 609. The van der Waals surface area contributed by atoms with Crippen molar-refractivity contribution in [3.05, 3.63) is 23.2 Å². The number of benzene rings is 1. The number of anilines is 2. The van der Waals surface area contributed by atoms with Crippen LogP contribution in [0.25, 0.3) is 0 Å². The summed E-state index contributed by atoms with van der Waals surface area (Å²) in [7, 11) is 0. The fourth-order valence-corrected chi connectivity index (χ4v) is 2.00. The highest BCUT2D eigenvalue weighted by atomic mass is 35.5. The first-order valence-electron chi connectivity index (χ1n) is 7.69. The number of hydrogen-bond acceptors (Lipinski definition) is 5. The summed E-state index contributed by atoms with van der Waals surface area (Å²) in [5.74, 6) is -0.374. The highest BCUT2D eigenvalue weighted by molar-refractivity contribution is 6.33. The Hall–Kier alpha value is -1.95. The molecular formula is C17H25ClN2O4. The number of nitrogens with one attached hydrogen (secondary N) is 2. The lowest BCUT2D eigenvalue weighted by molar-refractivity contribution is -0.147. The number of ether oxygens (including phenoxy) is 2. The smallest absolute Gasteiger partial charge is 0.412 e. The molecule has 0 aliphatic heterocycles. The summed E-state index contributed by atoms with van der Waals surface area (Å²) in [6.07, 6.45) is -0.605. The second-order valence-electron chi connectivity index (χ2n) is 6.79. The van der Waals surface area contributed by atoms with E-state index in [0.29, 0.717) is 23.0 Å². The van der Waals surface area contributed by atoms with Gasteiger partial charge in [0.2, 0.25) is 0 Å². The van der Waals surface area contributed by atoms with Crippen LogP contribution in [-0.4, -0.2) is 29.8 Å². The van der Waals surface area contributed by atoms with Crippen LogP contribution in [0.4, 0.5) is 16.2 Å². The molecule has 0 saturated heterocycles.